The number of aromatic nitrogens is 2. The summed E-state index contributed by atoms with van der Waals surface area (Å²) in [5, 5.41) is 10.9. The molecule has 6 nitrogen and oxygen atoms in total. The lowest BCUT2D eigenvalue weighted by Crippen LogP contribution is -2.08. The molecule has 96 valence electrons. The van der Waals surface area contributed by atoms with Crippen LogP contribution in [0.2, 0.25) is 0 Å². The molecule has 7 heteroatoms. The number of aromatic carboxylic acids is 1. The van der Waals surface area contributed by atoms with Crippen molar-refractivity contribution in [3.8, 4) is 10.6 Å². The van der Waals surface area contributed by atoms with E-state index >= 15 is 0 Å². The van der Waals surface area contributed by atoms with Crippen molar-refractivity contribution in [3.05, 3.63) is 39.8 Å². The van der Waals surface area contributed by atoms with Crippen molar-refractivity contribution in [3.63, 3.8) is 0 Å². The predicted molar refractivity (Wildman–Crippen MR) is 69.5 cm³/mol. The highest BCUT2D eigenvalue weighted by atomic mass is 32.1. The first-order valence-electron chi connectivity index (χ1n) is 5.35. The average molecular weight is 276 g/mol. The van der Waals surface area contributed by atoms with Gasteiger partial charge < -0.3 is 9.52 Å². The zero-order valence-corrected chi connectivity index (χ0v) is 10.6. The largest absolute Gasteiger partial charge is 0.476 e. The number of hydrogen-bond acceptors (Lipinski definition) is 5. The maximum Gasteiger partial charge on any atom is 0.419 e. The van der Waals surface area contributed by atoms with E-state index < -0.39 is 11.7 Å². The molecule has 0 fully saturated rings. The highest BCUT2D eigenvalue weighted by Crippen LogP contribution is 2.26. The highest BCUT2D eigenvalue weighted by molar-refractivity contribution is 7.13. The summed E-state index contributed by atoms with van der Waals surface area (Å²) in [6.45, 7) is 0. The van der Waals surface area contributed by atoms with Gasteiger partial charge in [0.1, 0.15) is 5.01 Å². The first-order chi connectivity index (χ1) is 9.06. The number of carboxylic acids is 1. The van der Waals surface area contributed by atoms with E-state index in [4.69, 9.17) is 9.52 Å². The van der Waals surface area contributed by atoms with Crippen molar-refractivity contribution in [2.24, 2.45) is 7.05 Å². The molecule has 2 heterocycles. The van der Waals surface area contributed by atoms with Gasteiger partial charge in [0.2, 0.25) is 0 Å². The van der Waals surface area contributed by atoms with E-state index in [1.807, 2.05) is 0 Å². The third-order valence-electron chi connectivity index (χ3n) is 2.76. The minimum absolute atomic E-state index is 0.0150. The summed E-state index contributed by atoms with van der Waals surface area (Å²) in [5.41, 5.74) is 1.91. The summed E-state index contributed by atoms with van der Waals surface area (Å²) >= 11 is 1.24. The van der Waals surface area contributed by atoms with Crippen molar-refractivity contribution in [1.82, 2.24) is 9.55 Å². The third kappa shape index (κ3) is 1.84. The molecule has 3 aromatic rings. The van der Waals surface area contributed by atoms with Gasteiger partial charge in [-0.25, -0.2) is 14.6 Å². The number of carboxylic acid groups (broad SMARTS) is 1. The Balaban J connectivity index is 2.16. The van der Waals surface area contributed by atoms with Crippen LogP contribution < -0.4 is 5.76 Å². The first kappa shape index (κ1) is 11.7. The summed E-state index contributed by atoms with van der Waals surface area (Å²) in [6, 6.07) is 5.17. The topological polar surface area (TPSA) is 85.3 Å². The fourth-order valence-electron chi connectivity index (χ4n) is 1.76. The Labute approximate surface area is 110 Å². The molecule has 0 radical (unpaired) electrons. The minimum Gasteiger partial charge on any atom is -0.476 e. The Bertz CT molecular complexity index is 843. The molecule has 0 aliphatic heterocycles. The van der Waals surface area contributed by atoms with E-state index in [9.17, 15) is 9.59 Å². The number of carbonyl (C=O) groups is 1. The van der Waals surface area contributed by atoms with Crippen LogP contribution in [0.4, 0.5) is 0 Å². The second-order valence-electron chi connectivity index (χ2n) is 3.95. The molecular weight excluding hydrogens is 268 g/mol. The third-order valence-corrected chi connectivity index (χ3v) is 3.65. The van der Waals surface area contributed by atoms with Gasteiger partial charge >= 0.3 is 11.7 Å². The number of fused-ring (bicyclic) bond motifs is 1. The summed E-state index contributed by atoms with van der Waals surface area (Å²) in [5.74, 6) is -1.49. The molecule has 0 aliphatic carbocycles. The standard InChI is InChI=1S/C12H8N2O4S/c1-14-8-4-6(2-3-9(8)18-12(14)17)10-13-7(5-19-10)11(15)16/h2-5H,1H3,(H,15,16). The van der Waals surface area contributed by atoms with Gasteiger partial charge in [0, 0.05) is 18.0 Å². The first-order valence-corrected chi connectivity index (χ1v) is 6.23. The van der Waals surface area contributed by atoms with Crippen LogP contribution in [0, 0.1) is 0 Å². The molecule has 0 spiro atoms. The molecule has 0 bridgehead atoms. The van der Waals surface area contributed by atoms with Crippen molar-refractivity contribution in [2.75, 3.05) is 0 Å². The van der Waals surface area contributed by atoms with Crippen LogP contribution >= 0.6 is 11.3 Å². The lowest BCUT2D eigenvalue weighted by atomic mass is 10.2. The molecule has 0 unspecified atom stereocenters. The number of benzene rings is 1. The molecule has 1 N–H and O–H groups in total. The van der Waals surface area contributed by atoms with Gasteiger partial charge in [0.25, 0.3) is 0 Å². The van der Waals surface area contributed by atoms with Crippen molar-refractivity contribution < 1.29 is 14.3 Å². The number of nitrogens with zero attached hydrogens (tertiary/aromatic N) is 2. The molecule has 0 atom stereocenters. The molecule has 0 saturated carbocycles. The van der Waals surface area contributed by atoms with Gasteiger partial charge in [0.15, 0.2) is 11.3 Å². The van der Waals surface area contributed by atoms with Gasteiger partial charge in [-0.1, -0.05) is 0 Å². The van der Waals surface area contributed by atoms with Crippen LogP contribution in [0.3, 0.4) is 0 Å². The zero-order chi connectivity index (χ0) is 13.6. The second-order valence-corrected chi connectivity index (χ2v) is 4.81. The zero-order valence-electron chi connectivity index (χ0n) is 9.78. The monoisotopic (exact) mass is 276 g/mol. The number of rotatable bonds is 2. The highest BCUT2D eigenvalue weighted by Gasteiger charge is 2.12. The SMILES string of the molecule is Cn1c(=O)oc2ccc(-c3nc(C(=O)O)cs3)cc21. The van der Waals surface area contributed by atoms with Crippen molar-refractivity contribution in [2.45, 2.75) is 0 Å². The van der Waals surface area contributed by atoms with E-state index in [1.54, 1.807) is 25.2 Å². The van der Waals surface area contributed by atoms with Crippen molar-refractivity contribution in [1.29, 1.82) is 0 Å². The smallest absolute Gasteiger partial charge is 0.419 e. The lowest BCUT2D eigenvalue weighted by Gasteiger charge is -1.97. The number of hydrogen-bond donors (Lipinski definition) is 1. The molecule has 19 heavy (non-hydrogen) atoms. The number of oxazole rings is 1. The maximum absolute atomic E-state index is 11.4. The summed E-state index contributed by atoms with van der Waals surface area (Å²) < 4.78 is 6.42. The fourth-order valence-corrected chi connectivity index (χ4v) is 2.56. The Morgan fingerprint density at radius 2 is 2.26 bits per heavy atom. The van der Waals surface area contributed by atoms with Crippen LogP contribution in [0.25, 0.3) is 21.7 Å². The normalized spacial score (nSPS) is 11.0. The molecule has 1 aromatic carbocycles. The summed E-state index contributed by atoms with van der Waals surface area (Å²) in [4.78, 5) is 26.2. The van der Waals surface area contributed by atoms with Crippen LogP contribution in [0.15, 0.2) is 32.8 Å². The van der Waals surface area contributed by atoms with Crippen molar-refractivity contribution >= 4 is 28.4 Å². The molecular formula is C12H8N2O4S. The van der Waals surface area contributed by atoms with Crippen LogP contribution in [0.5, 0.6) is 0 Å². The molecule has 0 aliphatic rings. The number of aryl methyl sites for hydroxylation is 1. The van der Waals surface area contributed by atoms with Gasteiger partial charge in [0.05, 0.1) is 5.52 Å². The lowest BCUT2D eigenvalue weighted by molar-refractivity contribution is 0.0691. The number of thiazole rings is 1. The summed E-state index contributed by atoms with van der Waals surface area (Å²) in [6.07, 6.45) is 0. The van der Waals surface area contributed by atoms with Crippen LogP contribution in [-0.2, 0) is 7.05 Å². The van der Waals surface area contributed by atoms with E-state index in [2.05, 4.69) is 4.98 Å². The van der Waals surface area contributed by atoms with Gasteiger partial charge in [-0.05, 0) is 18.2 Å². The minimum atomic E-state index is -1.06. The average Bonchev–Trinajstić information content (AvgIpc) is 2.96. The van der Waals surface area contributed by atoms with Gasteiger partial charge in [-0.2, -0.15) is 0 Å². The maximum atomic E-state index is 11.4. The predicted octanol–water partition coefficient (Wildman–Crippen LogP) is 1.95. The second kappa shape index (κ2) is 4.06. The Kier molecular flexibility index (Phi) is 2.49. The van der Waals surface area contributed by atoms with Crippen LogP contribution in [0.1, 0.15) is 10.5 Å². The summed E-state index contributed by atoms with van der Waals surface area (Å²) in [7, 11) is 1.61. The Morgan fingerprint density at radius 3 is 2.95 bits per heavy atom. The van der Waals surface area contributed by atoms with E-state index in [1.165, 1.54) is 21.3 Å². The van der Waals surface area contributed by atoms with Crippen LogP contribution in [-0.4, -0.2) is 20.6 Å². The quantitative estimate of drug-likeness (QED) is 0.773. The van der Waals surface area contributed by atoms with E-state index in [0.717, 1.165) is 5.56 Å². The van der Waals surface area contributed by atoms with E-state index in [-0.39, 0.29) is 5.69 Å². The van der Waals surface area contributed by atoms with Gasteiger partial charge in [-0.3, -0.25) is 4.57 Å². The molecule has 0 amide bonds. The molecule has 2 aromatic heterocycles. The van der Waals surface area contributed by atoms with E-state index in [0.29, 0.717) is 16.1 Å². The Hall–Kier alpha value is -2.41. The Morgan fingerprint density at radius 1 is 1.47 bits per heavy atom. The fraction of sp³-hybridized carbons (Fsp3) is 0.0833. The molecule has 0 saturated heterocycles. The molecule has 3 rings (SSSR count). The van der Waals surface area contributed by atoms with Gasteiger partial charge in [-0.15, -0.1) is 11.3 Å².